The van der Waals surface area contributed by atoms with Gasteiger partial charge in [-0.1, -0.05) is 40.0 Å². The number of carbonyl (C=O) groups is 1. The van der Waals surface area contributed by atoms with Crippen LogP contribution in [0.1, 0.15) is 40.0 Å². The molecule has 0 saturated carbocycles. The molecule has 0 fully saturated rings. The predicted octanol–water partition coefficient (Wildman–Crippen LogP) is 3.26. The van der Waals surface area contributed by atoms with Crippen LogP contribution >= 0.6 is 11.6 Å². The molecule has 3 atom stereocenters. The average Bonchev–Trinajstić information content (AvgIpc) is 2.06. The molecule has 1 nitrogen and oxygen atoms in total. The maximum atomic E-state index is 10.5. The van der Waals surface area contributed by atoms with E-state index < -0.39 is 0 Å². The average molecular weight is 191 g/mol. The Morgan fingerprint density at radius 3 is 2.33 bits per heavy atom. The first-order chi connectivity index (χ1) is 5.67. The Bertz CT molecular complexity index is 125. The standard InChI is InChI=1S/C10H19ClO/c1-4-6-8(3)9(5-2)10(11)7-12/h7-10H,4-6H2,1-3H3. The predicted molar refractivity (Wildman–Crippen MR) is 53.6 cm³/mol. The molecule has 2 heteroatoms. The molecule has 12 heavy (non-hydrogen) atoms. The van der Waals surface area contributed by atoms with Gasteiger partial charge >= 0.3 is 0 Å². The molecule has 72 valence electrons. The van der Waals surface area contributed by atoms with Crippen LogP contribution in [0.15, 0.2) is 0 Å². The SMILES string of the molecule is CCCC(C)C(CC)C(Cl)C=O. The third-order valence-corrected chi connectivity index (χ3v) is 2.91. The van der Waals surface area contributed by atoms with Crippen LogP contribution in [0.5, 0.6) is 0 Å². The summed E-state index contributed by atoms with van der Waals surface area (Å²) in [6, 6.07) is 0. The van der Waals surface area contributed by atoms with Crippen LogP contribution in [0.4, 0.5) is 0 Å². The highest BCUT2D eigenvalue weighted by Crippen LogP contribution is 2.25. The van der Waals surface area contributed by atoms with Crippen LogP contribution in [-0.4, -0.2) is 11.7 Å². The van der Waals surface area contributed by atoms with Gasteiger partial charge in [-0.05, 0) is 11.8 Å². The van der Waals surface area contributed by atoms with Crippen molar-refractivity contribution in [2.24, 2.45) is 11.8 Å². The number of carbonyl (C=O) groups excluding carboxylic acids is 1. The first-order valence-electron chi connectivity index (χ1n) is 4.76. The Kier molecular flexibility index (Phi) is 6.45. The number of alkyl halides is 1. The molecule has 0 aromatic rings. The van der Waals surface area contributed by atoms with E-state index in [1.807, 2.05) is 0 Å². The maximum absolute atomic E-state index is 10.5. The van der Waals surface area contributed by atoms with Crippen LogP contribution in [0, 0.1) is 11.8 Å². The van der Waals surface area contributed by atoms with Gasteiger partial charge in [-0.15, -0.1) is 11.6 Å². The van der Waals surface area contributed by atoms with Crippen molar-refractivity contribution < 1.29 is 4.79 Å². The number of rotatable bonds is 6. The molecule has 0 radical (unpaired) electrons. The van der Waals surface area contributed by atoms with Gasteiger partial charge in [-0.2, -0.15) is 0 Å². The summed E-state index contributed by atoms with van der Waals surface area (Å²) in [7, 11) is 0. The minimum absolute atomic E-state index is 0.295. The van der Waals surface area contributed by atoms with Gasteiger partial charge in [0.25, 0.3) is 0 Å². The zero-order valence-corrected chi connectivity index (χ0v) is 8.97. The quantitative estimate of drug-likeness (QED) is 0.464. The Balaban J connectivity index is 4.02. The van der Waals surface area contributed by atoms with E-state index >= 15 is 0 Å². The molecule has 3 unspecified atom stereocenters. The van der Waals surface area contributed by atoms with Crippen molar-refractivity contribution >= 4 is 17.9 Å². The zero-order chi connectivity index (χ0) is 9.56. The molecule has 0 amide bonds. The summed E-state index contributed by atoms with van der Waals surface area (Å²) in [6.45, 7) is 6.43. The maximum Gasteiger partial charge on any atom is 0.138 e. The molecular weight excluding hydrogens is 172 g/mol. The third-order valence-electron chi connectivity index (χ3n) is 2.49. The lowest BCUT2D eigenvalue weighted by atomic mass is 9.86. The van der Waals surface area contributed by atoms with Gasteiger partial charge in [0.15, 0.2) is 0 Å². The number of aldehydes is 1. The van der Waals surface area contributed by atoms with E-state index in [0.717, 1.165) is 19.1 Å². The van der Waals surface area contributed by atoms with Gasteiger partial charge in [-0.3, -0.25) is 0 Å². The highest BCUT2D eigenvalue weighted by molar-refractivity contribution is 6.27. The molecule has 0 spiro atoms. The summed E-state index contributed by atoms with van der Waals surface area (Å²) in [6.07, 6.45) is 4.19. The summed E-state index contributed by atoms with van der Waals surface area (Å²) in [5.74, 6) is 0.914. The van der Waals surface area contributed by atoms with Crippen molar-refractivity contribution in [2.45, 2.75) is 45.4 Å². The Morgan fingerprint density at radius 2 is 2.00 bits per heavy atom. The van der Waals surface area contributed by atoms with E-state index in [-0.39, 0.29) is 5.38 Å². The lowest BCUT2D eigenvalue weighted by Gasteiger charge is -2.23. The Hall–Kier alpha value is -0.0400. The lowest BCUT2D eigenvalue weighted by Crippen LogP contribution is -2.22. The molecule has 0 aliphatic heterocycles. The van der Waals surface area contributed by atoms with Crippen LogP contribution in [0.25, 0.3) is 0 Å². The number of hydrogen-bond donors (Lipinski definition) is 0. The first kappa shape index (κ1) is 12.0. The second-order valence-corrected chi connectivity index (χ2v) is 3.92. The lowest BCUT2D eigenvalue weighted by molar-refractivity contribution is -0.108. The van der Waals surface area contributed by atoms with Gasteiger partial charge in [0.2, 0.25) is 0 Å². The Labute approximate surface area is 80.5 Å². The zero-order valence-electron chi connectivity index (χ0n) is 8.22. The molecule has 0 aliphatic rings. The van der Waals surface area contributed by atoms with E-state index in [2.05, 4.69) is 20.8 Å². The number of hydrogen-bond acceptors (Lipinski definition) is 1. The fourth-order valence-corrected chi connectivity index (χ4v) is 2.14. The minimum atomic E-state index is -0.295. The molecule has 0 N–H and O–H groups in total. The highest BCUT2D eigenvalue weighted by atomic mass is 35.5. The molecule has 0 aliphatic carbocycles. The molecule has 0 saturated heterocycles. The molecule has 0 rings (SSSR count). The summed E-state index contributed by atoms with van der Waals surface area (Å²) in [5, 5.41) is -0.295. The van der Waals surface area contributed by atoms with Crippen LogP contribution < -0.4 is 0 Å². The van der Waals surface area contributed by atoms with E-state index in [4.69, 9.17) is 11.6 Å². The molecular formula is C10H19ClO. The minimum Gasteiger partial charge on any atom is -0.302 e. The molecule has 0 heterocycles. The summed E-state index contributed by atoms with van der Waals surface area (Å²) >= 11 is 5.89. The van der Waals surface area contributed by atoms with Crippen molar-refractivity contribution in [2.75, 3.05) is 0 Å². The van der Waals surface area contributed by atoms with Crippen LogP contribution in [-0.2, 0) is 4.79 Å². The highest BCUT2D eigenvalue weighted by Gasteiger charge is 2.22. The fourth-order valence-electron chi connectivity index (χ4n) is 1.71. The Morgan fingerprint density at radius 1 is 1.42 bits per heavy atom. The molecule has 0 aromatic heterocycles. The number of halogens is 1. The second kappa shape index (κ2) is 6.47. The van der Waals surface area contributed by atoms with Gasteiger partial charge < -0.3 is 4.79 Å². The van der Waals surface area contributed by atoms with E-state index in [9.17, 15) is 4.79 Å². The largest absolute Gasteiger partial charge is 0.302 e. The van der Waals surface area contributed by atoms with Gasteiger partial charge in [0, 0.05) is 0 Å². The fraction of sp³-hybridized carbons (Fsp3) is 0.900. The third kappa shape index (κ3) is 3.57. The van der Waals surface area contributed by atoms with Gasteiger partial charge in [0.05, 0.1) is 5.38 Å². The van der Waals surface area contributed by atoms with Crippen molar-refractivity contribution in [1.82, 2.24) is 0 Å². The monoisotopic (exact) mass is 190 g/mol. The van der Waals surface area contributed by atoms with Crippen LogP contribution in [0.3, 0.4) is 0 Å². The van der Waals surface area contributed by atoms with Gasteiger partial charge in [-0.25, -0.2) is 0 Å². The van der Waals surface area contributed by atoms with Gasteiger partial charge in [0.1, 0.15) is 6.29 Å². The summed E-state index contributed by atoms with van der Waals surface area (Å²) in [5.41, 5.74) is 0. The van der Waals surface area contributed by atoms with Crippen LogP contribution in [0.2, 0.25) is 0 Å². The molecule has 0 bridgehead atoms. The van der Waals surface area contributed by atoms with E-state index in [1.54, 1.807) is 0 Å². The van der Waals surface area contributed by atoms with Crippen molar-refractivity contribution in [3.63, 3.8) is 0 Å². The van der Waals surface area contributed by atoms with Crippen molar-refractivity contribution in [1.29, 1.82) is 0 Å². The van der Waals surface area contributed by atoms with E-state index in [1.165, 1.54) is 6.42 Å². The summed E-state index contributed by atoms with van der Waals surface area (Å²) < 4.78 is 0. The smallest absolute Gasteiger partial charge is 0.138 e. The van der Waals surface area contributed by atoms with Crippen molar-refractivity contribution in [3.05, 3.63) is 0 Å². The molecule has 0 aromatic carbocycles. The van der Waals surface area contributed by atoms with Crippen molar-refractivity contribution in [3.8, 4) is 0 Å². The normalized spacial score (nSPS) is 18.3. The summed E-state index contributed by atoms with van der Waals surface area (Å²) in [4.78, 5) is 10.5. The topological polar surface area (TPSA) is 17.1 Å². The van der Waals surface area contributed by atoms with E-state index in [0.29, 0.717) is 11.8 Å². The first-order valence-corrected chi connectivity index (χ1v) is 5.20. The second-order valence-electron chi connectivity index (χ2n) is 3.42.